The first-order valence-corrected chi connectivity index (χ1v) is 6.50. The number of rotatable bonds is 5. The Labute approximate surface area is 117 Å². The van der Waals surface area contributed by atoms with E-state index in [1.165, 1.54) is 12.1 Å². The third kappa shape index (κ3) is 4.35. The van der Waals surface area contributed by atoms with Gasteiger partial charge in [-0.2, -0.15) is 0 Å². The molecule has 0 spiro atoms. The number of benzene rings is 1. The number of hydrogen-bond acceptors (Lipinski definition) is 4. The molecular weight excluding hydrogens is 259 g/mol. The van der Waals surface area contributed by atoms with Gasteiger partial charge >= 0.3 is 0 Å². The lowest BCUT2D eigenvalue weighted by molar-refractivity contribution is 0.246. The molecule has 0 aliphatic heterocycles. The molecule has 5 heteroatoms. The monoisotopic (exact) mass is 278 g/mol. The molecule has 1 N–H and O–H groups in total. The van der Waals surface area contributed by atoms with Crippen LogP contribution in [0.1, 0.15) is 32.1 Å². The quantitative estimate of drug-likeness (QED) is 0.911. The van der Waals surface area contributed by atoms with Gasteiger partial charge in [0.05, 0.1) is 6.20 Å². The average molecular weight is 278 g/mol. The number of aromatic nitrogens is 1. The molecule has 2 aromatic rings. The first-order valence-electron chi connectivity index (χ1n) is 6.50. The smallest absolute Gasteiger partial charge is 0.174 e. The van der Waals surface area contributed by atoms with Crippen molar-refractivity contribution in [3.05, 3.63) is 47.6 Å². The standard InChI is InChI=1S/C15H19FN2O2/c1-15(2,3)17-9-11-8-12(16)4-5-14(11)19-10-13-6-7-18-20-13/h4-8,17H,9-10H2,1-3H3. The lowest BCUT2D eigenvalue weighted by Gasteiger charge is -2.21. The van der Waals surface area contributed by atoms with Crippen molar-refractivity contribution in [1.29, 1.82) is 0 Å². The summed E-state index contributed by atoms with van der Waals surface area (Å²) < 4.78 is 24.0. The number of ether oxygens (including phenoxy) is 1. The second-order valence-corrected chi connectivity index (χ2v) is 5.62. The molecule has 20 heavy (non-hydrogen) atoms. The van der Waals surface area contributed by atoms with E-state index in [1.807, 2.05) is 0 Å². The summed E-state index contributed by atoms with van der Waals surface area (Å²) in [5.41, 5.74) is 0.730. The molecule has 1 aromatic heterocycles. The Bertz CT molecular complexity index is 547. The zero-order valence-corrected chi connectivity index (χ0v) is 11.9. The van der Waals surface area contributed by atoms with Crippen LogP contribution in [0, 0.1) is 5.82 Å². The summed E-state index contributed by atoms with van der Waals surface area (Å²) in [6.07, 6.45) is 1.56. The van der Waals surface area contributed by atoms with Gasteiger partial charge in [-0.1, -0.05) is 5.16 Å². The maximum absolute atomic E-state index is 13.4. The molecule has 0 fully saturated rings. The van der Waals surface area contributed by atoms with Gasteiger partial charge in [0.2, 0.25) is 0 Å². The molecule has 0 unspecified atom stereocenters. The molecule has 108 valence electrons. The molecule has 1 aromatic carbocycles. The minimum atomic E-state index is -0.275. The summed E-state index contributed by atoms with van der Waals surface area (Å²) in [5.74, 6) is 0.992. The Morgan fingerprint density at radius 1 is 1.30 bits per heavy atom. The van der Waals surface area contributed by atoms with Crippen LogP contribution in [-0.4, -0.2) is 10.7 Å². The number of halogens is 1. The van der Waals surface area contributed by atoms with Crippen LogP contribution in [0.2, 0.25) is 0 Å². The lowest BCUT2D eigenvalue weighted by atomic mass is 10.1. The topological polar surface area (TPSA) is 47.3 Å². The van der Waals surface area contributed by atoms with E-state index in [4.69, 9.17) is 9.26 Å². The van der Waals surface area contributed by atoms with Gasteiger partial charge in [0, 0.05) is 23.7 Å². The molecule has 0 aliphatic carbocycles. The highest BCUT2D eigenvalue weighted by molar-refractivity contribution is 5.34. The normalized spacial score (nSPS) is 11.6. The predicted octanol–water partition coefficient (Wildman–Crippen LogP) is 3.28. The lowest BCUT2D eigenvalue weighted by Crippen LogP contribution is -2.35. The molecule has 0 saturated heterocycles. The van der Waals surface area contributed by atoms with Gasteiger partial charge in [-0.25, -0.2) is 4.39 Å². The fourth-order valence-corrected chi connectivity index (χ4v) is 1.65. The first kappa shape index (κ1) is 14.5. The second kappa shape index (κ2) is 6.05. The zero-order chi connectivity index (χ0) is 14.6. The van der Waals surface area contributed by atoms with Crippen molar-refractivity contribution in [2.45, 2.75) is 39.5 Å². The zero-order valence-electron chi connectivity index (χ0n) is 11.9. The van der Waals surface area contributed by atoms with Gasteiger partial charge in [0.25, 0.3) is 0 Å². The van der Waals surface area contributed by atoms with E-state index >= 15 is 0 Å². The van der Waals surface area contributed by atoms with Crippen LogP contribution in [0.4, 0.5) is 4.39 Å². The van der Waals surface area contributed by atoms with Crippen LogP contribution in [0.5, 0.6) is 5.75 Å². The van der Waals surface area contributed by atoms with Gasteiger partial charge in [-0.15, -0.1) is 0 Å². The molecule has 1 heterocycles. The van der Waals surface area contributed by atoms with Gasteiger partial charge in [-0.3, -0.25) is 0 Å². The average Bonchev–Trinajstić information content (AvgIpc) is 2.87. The molecule has 0 amide bonds. The highest BCUT2D eigenvalue weighted by Crippen LogP contribution is 2.21. The Kier molecular flexibility index (Phi) is 4.39. The molecule has 0 saturated carbocycles. The first-order chi connectivity index (χ1) is 9.44. The largest absolute Gasteiger partial charge is 0.485 e. The van der Waals surface area contributed by atoms with Crippen LogP contribution in [0.25, 0.3) is 0 Å². The SMILES string of the molecule is CC(C)(C)NCc1cc(F)ccc1OCc1ccno1. The molecule has 0 bridgehead atoms. The van der Waals surface area contributed by atoms with Crippen molar-refractivity contribution in [3.8, 4) is 5.75 Å². The van der Waals surface area contributed by atoms with Crippen molar-refractivity contribution in [3.63, 3.8) is 0 Å². The highest BCUT2D eigenvalue weighted by atomic mass is 19.1. The summed E-state index contributed by atoms with van der Waals surface area (Å²) >= 11 is 0. The Hall–Kier alpha value is -1.88. The van der Waals surface area contributed by atoms with Gasteiger partial charge < -0.3 is 14.6 Å². The minimum absolute atomic E-state index is 0.0471. The third-order valence-electron chi connectivity index (χ3n) is 2.69. The van der Waals surface area contributed by atoms with Crippen LogP contribution >= 0.6 is 0 Å². The predicted molar refractivity (Wildman–Crippen MR) is 73.8 cm³/mol. The molecule has 4 nitrogen and oxygen atoms in total. The number of nitrogens with zero attached hydrogens (tertiary/aromatic N) is 1. The van der Waals surface area contributed by atoms with Crippen molar-refractivity contribution < 1.29 is 13.7 Å². The van der Waals surface area contributed by atoms with E-state index in [-0.39, 0.29) is 18.0 Å². The molecule has 2 rings (SSSR count). The van der Waals surface area contributed by atoms with E-state index in [0.29, 0.717) is 18.1 Å². The van der Waals surface area contributed by atoms with Crippen LogP contribution in [0.3, 0.4) is 0 Å². The molecule has 0 atom stereocenters. The van der Waals surface area contributed by atoms with Crippen molar-refractivity contribution in [1.82, 2.24) is 10.5 Å². The maximum atomic E-state index is 13.4. The van der Waals surface area contributed by atoms with Crippen LogP contribution in [0.15, 0.2) is 35.0 Å². The van der Waals surface area contributed by atoms with Crippen molar-refractivity contribution in [2.75, 3.05) is 0 Å². The summed E-state index contributed by atoms with van der Waals surface area (Å²) in [6.45, 7) is 6.98. The highest BCUT2D eigenvalue weighted by Gasteiger charge is 2.12. The van der Waals surface area contributed by atoms with E-state index in [2.05, 4.69) is 31.2 Å². The fourth-order valence-electron chi connectivity index (χ4n) is 1.65. The van der Waals surface area contributed by atoms with Crippen molar-refractivity contribution >= 4 is 0 Å². The van der Waals surface area contributed by atoms with E-state index in [0.717, 1.165) is 5.56 Å². The Morgan fingerprint density at radius 3 is 2.75 bits per heavy atom. The maximum Gasteiger partial charge on any atom is 0.174 e. The molecule has 0 radical (unpaired) electrons. The van der Waals surface area contributed by atoms with Crippen molar-refractivity contribution in [2.24, 2.45) is 0 Å². The van der Waals surface area contributed by atoms with E-state index in [9.17, 15) is 4.39 Å². The summed E-state index contributed by atoms with van der Waals surface area (Å²) in [7, 11) is 0. The fraction of sp³-hybridized carbons (Fsp3) is 0.400. The minimum Gasteiger partial charge on any atom is -0.485 e. The third-order valence-corrected chi connectivity index (χ3v) is 2.69. The summed E-state index contributed by atoms with van der Waals surface area (Å²) in [4.78, 5) is 0. The second-order valence-electron chi connectivity index (χ2n) is 5.62. The van der Waals surface area contributed by atoms with E-state index in [1.54, 1.807) is 18.3 Å². The molecular formula is C15H19FN2O2. The molecule has 0 aliphatic rings. The number of nitrogens with one attached hydrogen (secondary N) is 1. The Morgan fingerprint density at radius 2 is 2.10 bits per heavy atom. The van der Waals surface area contributed by atoms with Gasteiger partial charge in [-0.05, 0) is 39.0 Å². The number of hydrogen-bond donors (Lipinski definition) is 1. The van der Waals surface area contributed by atoms with Gasteiger partial charge in [0.1, 0.15) is 18.2 Å². The van der Waals surface area contributed by atoms with Crippen LogP contribution < -0.4 is 10.1 Å². The summed E-state index contributed by atoms with van der Waals surface area (Å²) in [6, 6.07) is 6.23. The van der Waals surface area contributed by atoms with Crippen LogP contribution in [-0.2, 0) is 13.2 Å². The van der Waals surface area contributed by atoms with Gasteiger partial charge in [0.15, 0.2) is 5.76 Å². The van der Waals surface area contributed by atoms with E-state index < -0.39 is 0 Å². The Balaban J connectivity index is 2.07. The summed E-state index contributed by atoms with van der Waals surface area (Å²) in [5, 5.41) is 6.93.